The van der Waals surface area contributed by atoms with Gasteiger partial charge < -0.3 is 4.74 Å². The number of hydrogen-bond donors (Lipinski definition) is 0. The lowest BCUT2D eigenvalue weighted by atomic mass is 10.2. The minimum Gasteiger partial charge on any atom is -0.481 e. The Kier molecular flexibility index (Phi) is 2.23. The molecule has 2 aliphatic rings. The van der Waals surface area contributed by atoms with Gasteiger partial charge in [-0.25, -0.2) is 15.0 Å². The van der Waals surface area contributed by atoms with E-state index in [4.69, 9.17) is 4.74 Å². The van der Waals surface area contributed by atoms with E-state index in [1.807, 2.05) is 18.2 Å². The standard InChI is InChI=1S/C14H9N5O/c1-20-13-3-2-8(6-15-13)14-17-11-4-9-7-16-19-10(9)5-12(11)18-14/h2-7H,1H3. The van der Waals surface area contributed by atoms with Gasteiger partial charge in [0.1, 0.15) is 0 Å². The van der Waals surface area contributed by atoms with Crippen molar-refractivity contribution in [3.63, 3.8) is 0 Å². The molecular formula is C14H9N5O. The van der Waals surface area contributed by atoms with Crippen molar-refractivity contribution in [2.24, 2.45) is 20.2 Å². The van der Waals surface area contributed by atoms with Gasteiger partial charge in [0.2, 0.25) is 5.88 Å². The maximum Gasteiger partial charge on any atom is 0.212 e. The summed E-state index contributed by atoms with van der Waals surface area (Å²) in [6.07, 6.45) is 3.42. The molecule has 0 aliphatic carbocycles. The summed E-state index contributed by atoms with van der Waals surface area (Å²) < 4.78 is 5.04. The third kappa shape index (κ3) is 1.62. The molecule has 3 heterocycles. The average molecular weight is 263 g/mol. The molecule has 0 saturated heterocycles. The molecule has 6 nitrogen and oxygen atoms in total. The second-order valence-electron chi connectivity index (χ2n) is 4.38. The number of azo groups is 1. The average Bonchev–Trinajstić information content (AvgIpc) is 3.10. The molecule has 0 saturated carbocycles. The van der Waals surface area contributed by atoms with Crippen molar-refractivity contribution in [2.45, 2.75) is 0 Å². The van der Waals surface area contributed by atoms with Crippen LogP contribution < -0.4 is 15.3 Å². The van der Waals surface area contributed by atoms with Gasteiger partial charge in [-0.3, -0.25) is 0 Å². The molecule has 2 aliphatic heterocycles. The normalized spacial score (nSPS) is 14.2. The molecular weight excluding hydrogens is 254 g/mol. The first-order valence-corrected chi connectivity index (χ1v) is 6.06. The molecule has 20 heavy (non-hydrogen) atoms. The highest BCUT2D eigenvalue weighted by Crippen LogP contribution is 2.18. The number of aromatic nitrogens is 1. The number of ether oxygens (including phenoxy) is 1. The van der Waals surface area contributed by atoms with Gasteiger partial charge in [0.05, 0.1) is 30.0 Å². The molecule has 0 bridgehead atoms. The lowest BCUT2D eigenvalue weighted by Crippen LogP contribution is -2.06. The highest BCUT2D eigenvalue weighted by atomic mass is 16.5. The summed E-state index contributed by atoms with van der Waals surface area (Å²) >= 11 is 0. The monoisotopic (exact) mass is 263 g/mol. The number of nitrogens with zero attached hydrogens (tertiary/aromatic N) is 5. The minimum absolute atomic E-state index is 0.568. The van der Waals surface area contributed by atoms with E-state index in [1.54, 1.807) is 25.6 Å². The predicted octanol–water partition coefficient (Wildman–Crippen LogP) is 1.64. The van der Waals surface area contributed by atoms with Crippen LogP contribution in [0, 0.1) is 0 Å². The number of aliphatic imine (C=N–C) groups is 1. The zero-order valence-corrected chi connectivity index (χ0v) is 10.6. The lowest BCUT2D eigenvalue weighted by molar-refractivity contribution is 0.398. The fraction of sp³-hybridized carbons (Fsp3) is 0.0714. The van der Waals surface area contributed by atoms with E-state index in [9.17, 15) is 0 Å². The van der Waals surface area contributed by atoms with Gasteiger partial charge in [0.15, 0.2) is 5.84 Å². The van der Waals surface area contributed by atoms with Crippen molar-refractivity contribution in [3.8, 4) is 5.88 Å². The number of hydrogen-bond acceptors (Lipinski definition) is 6. The fourth-order valence-corrected chi connectivity index (χ4v) is 2.12. The summed E-state index contributed by atoms with van der Waals surface area (Å²) in [5, 5.41) is 9.68. The Bertz CT molecular complexity index is 881. The van der Waals surface area contributed by atoms with Gasteiger partial charge in [-0.15, -0.1) is 0 Å². The van der Waals surface area contributed by atoms with Gasteiger partial charge in [-0.1, -0.05) is 0 Å². The Morgan fingerprint density at radius 2 is 2.00 bits per heavy atom. The van der Waals surface area contributed by atoms with E-state index < -0.39 is 0 Å². The van der Waals surface area contributed by atoms with E-state index in [1.165, 1.54) is 0 Å². The predicted molar refractivity (Wildman–Crippen MR) is 73.2 cm³/mol. The van der Waals surface area contributed by atoms with Crippen LogP contribution in [0.3, 0.4) is 0 Å². The van der Waals surface area contributed by atoms with E-state index in [-0.39, 0.29) is 0 Å². The van der Waals surface area contributed by atoms with Crippen LogP contribution in [0.4, 0.5) is 11.4 Å². The number of methoxy groups -OCH3 is 1. The van der Waals surface area contributed by atoms with Crippen LogP contribution in [-0.4, -0.2) is 17.9 Å². The number of fused-ring (bicyclic) bond motifs is 2. The Hall–Kier alpha value is -2.89. The Morgan fingerprint density at radius 1 is 1.05 bits per heavy atom. The summed E-state index contributed by atoms with van der Waals surface area (Å²) in [6.45, 7) is 0. The smallest absolute Gasteiger partial charge is 0.212 e. The summed E-state index contributed by atoms with van der Waals surface area (Å²) in [5.41, 5.74) is 2.52. The van der Waals surface area contributed by atoms with Crippen molar-refractivity contribution >= 4 is 23.4 Å². The molecule has 1 aromatic carbocycles. The van der Waals surface area contributed by atoms with E-state index in [0.717, 1.165) is 27.5 Å². The van der Waals surface area contributed by atoms with Gasteiger partial charge >= 0.3 is 0 Å². The van der Waals surface area contributed by atoms with Gasteiger partial charge in [0.25, 0.3) is 0 Å². The quantitative estimate of drug-likeness (QED) is 0.826. The maximum absolute atomic E-state index is 5.04. The highest BCUT2D eigenvalue weighted by Gasteiger charge is 2.13. The van der Waals surface area contributed by atoms with Crippen molar-refractivity contribution in [1.82, 2.24) is 4.98 Å². The van der Waals surface area contributed by atoms with Crippen molar-refractivity contribution in [1.29, 1.82) is 0 Å². The largest absolute Gasteiger partial charge is 0.481 e. The number of benzene rings is 1. The summed E-state index contributed by atoms with van der Waals surface area (Å²) in [4.78, 5) is 13.2. The maximum atomic E-state index is 5.04. The second kappa shape index (κ2) is 4.06. The van der Waals surface area contributed by atoms with Crippen LogP contribution in [0.25, 0.3) is 6.20 Å². The molecule has 4 rings (SSSR count). The van der Waals surface area contributed by atoms with E-state index >= 15 is 0 Å². The van der Waals surface area contributed by atoms with Gasteiger partial charge in [0, 0.05) is 23.0 Å². The summed E-state index contributed by atoms with van der Waals surface area (Å²) in [6, 6.07) is 7.52. The molecule has 0 amide bonds. The molecule has 0 atom stereocenters. The molecule has 2 aromatic rings. The molecule has 6 heteroatoms. The third-order valence-corrected chi connectivity index (χ3v) is 3.14. The minimum atomic E-state index is 0.568. The summed E-state index contributed by atoms with van der Waals surface area (Å²) in [5.74, 6) is 1.22. The molecule has 0 N–H and O–H groups in total. The van der Waals surface area contributed by atoms with Crippen molar-refractivity contribution in [2.75, 3.05) is 7.11 Å². The molecule has 0 spiro atoms. The Labute approximate surface area is 113 Å². The summed E-state index contributed by atoms with van der Waals surface area (Å²) in [7, 11) is 1.59. The van der Waals surface area contributed by atoms with E-state index in [2.05, 4.69) is 25.2 Å². The number of rotatable bonds is 2. The van der Waals surface area contributed by atoms with Crippen LogP contribution in [0.15, 0.2) is 50.7 Å². The second-order valence-corrected chi connectivity index (χ2v) is 4.38. The Balaban J connectivity index is 1.79. The fourth-order valence-electron chi connectivity index (χ4n) is 2.12. The Morgan fingerprint density at radius 3 is 2.80 bits per heavy atom. The SMILES string of the molecule is COc1ccc(C2=Nc3cc4c(cc3=N2)N=NC=4)cn1. The first-order valence-electron chi connectivity index (χ1n) is 6.06. The van der Waals surface area contributed by atoms with Crippen LogP contribution in [0.1, 0.15) is 5.56 Å². The van der Waals surface area contributed by atoms with Gasteiger partial charge in [-0.2, -0.15) is 10.2 Å². The highest BCUT2D eigenvalue weighted by molar-refractivity contribution is 6.02. The van der Waals surface area contributed by atoms with Crippen molar-refractivity contribution in [3.05, 3.63) is 46.6 Å². The van der Waals surface area contributed by atoms with E-state index in [0.29, 0.717) is 11.7 Å². The first kappa shape index (κ1) is 11.0. The van der Waals surface area contributed by atoms with Gasteiger partial charge in [-0.05, 0) is 18.2 Å². The lowest BCUT2D eigenvalue weighted by Gasteiger charge is -1.99. The van der Waals surface area contributed by atoms with Crippen LogP contribution in [0.2, 0.25) is 0 Å². The van der Waals surface area contributed by atoms with Crippen LogP contribution >= 0.6 is 0 Å². The first-order chi connectivity index (χ1) is 9.83. The molecule has 0 fully saturated rings. The third-order valence-electron chi connectivity index (χ3n) is 3.14. The number of amidine groups is 1. The molecule has 1 aromatic heterocycles. The topological polar surface area (TPSA) is 71.6 Å². The zero-order chi connectivity index (χ0) is 13.5. The van der Waals surface area contributed by atoms with Crippen LogP contribution in [0.5, 0.6) is 5.88 Å². The van der Waals surface area contributed by atoms with Crippen LogP contribution in [-0.2, 0) is 0 Å². The zero-order valence-electron chi connectivity index (χ0n) is 10.6. The molecule has 0 unspecified atom stereocenters. The molecule has 96 valence electrons. The van der Waals surface area contributed by atoms with Crippen molar-refractivity contribution < 1.29 is 4.74 Å². The number of pyridine rings is 1. The molecule has 0 radical (unpaired) electrons.